The SMILES string of the molecule is CC[C@@H](C)[C@@H](NC(=O)CCCl)C(=O)Nc1nnc(-c2ccc(OC)cc2)s1. The standard InChI is InChI=1S/C18H23ClN4O3S/c1-4-11(2)15(20-14(24)9-10-19)16(25)21-18-23-22-17(27-18)12-5-7-13(26-3)8-6-12/h5-8,11,15H,4,9-10H2,1-3H3,(H,20,24)(H,21,23,25)/t11-,15-/m1/s1. The van der Waals surface area contributed by atoms with Crippen LogP contribution in [0, 0.1) is 5.92 Å². The topological polar surface area (TPSA) is 93.2 Å². The van der Waals surface area contributed by atoms with Crippen molar-refractivity contribution in [2.45, 2.75) is 32.7 Å². The fourth-order valence-electron chi connectivity index (χ4n) is 2.34. The van der Waals surface area contributed by atoms with E-state index in [1.165, 1.54) is 11.3 Å². The van der Waals surface area contributed by atoms with Crippen LogP contribution in [0.5, 0.6) is 5.75 Å². The van der Waals surface area contributed by atoms with Crippen molar-refractivity contribution < 1.29 is 14.3 Å². The Labute approximate surface area is 167 Å². The van der Waals surface area contributed by atoms with Crippen LogP contribution in [0.2, 0.25) is 0 Å². The second-order valence-electron chi connectivity index (χ2n) is 6.00. The van der Waals surface area contributed by atoms with Gasteiger partial charge in [0.05, 0.1) is 7.11 Å². The van der Waals surface area contributed by atoms with Crippen molar-refractivity contribution in [3.63, 3.8) is 0 Å². The van der Waals surface area contributed by atoms with Crippen molar-refractivity contribution in [3.8, 4) is 16.3 Å². The first kappa shape index (κ1) is 21.1. The van der Waals surface area contributed by atoms with E-state index in [-0.39, 0.29) is 30.0 Å². The van der Waals surface area contributed by atoms with Crippen LogP contribution >= 0.6 is 22.9 Å². The molecule has 9 heteroatoms. The summed E-state index contributed by atoms with van der Waals surface area (Å²) in [7, 11) is 1.60. The highest BCUT2D eigenvalue weighted by molar-refractivity contribution is 7.18. The molecule has 0 saturated carbocycles. The number of nitrogens with one attached hydrogen (secondary N) is 2. The summed E-state index contributed by atoms with van der Waals surface area (Å²) >= 11 is 6.86. The molecule has 0 bridgehead atoms. The third kappa shape index (κ3) is 5.90. The van der Waals surface area contributed by atoms with E-state index in [9.17, 15) is 9.59 Å². The molecule has 1 aromatic heterocycles. The van der Waals surface area contributed by atoms with Crippen LogP contribution < -0.4 is 15.4 Å². The molecule has 0 radical (unpaired) electrons. The number of anilines is 1. The Kier molecular flexibility index (Phi) is 7.99. The summed E-state index contributed by atoms with van der Waals surface area (Å²) in [4.78, 5) is 24.5. The number of hydrogen-bond acceptors (Lipinski definition) is 6. The number of ether oxygens (including phenoxy) is 1. The Morgan fingerprint density at radius 2 is 1.96 bits per heavy atom. The zero-order valence-electron chi connectivity index (χ0n) is 15.5. The lowest BCUT2D eigenvalue weighted by Gasteiger charge is -2.22. The Morgan fingerprint density at radius 3 is 2.56 bits per heavy atom. The maximum absolute atomic E-state index is 12.6. The summed E-state index contributed by atoms with van der Waals surface area (Å²) < 4.78 is 5.14. The largest absolute Gasteiger partial charge is 0.497 e. The van der Waals surface area contributed by atoms with Crippen molar-refractivity contribution in [1.29, 1.82) is 0 Å². The minimum absolute atomic E-state index is 0.0294. The van der Waals surface area contributed by atoms with E-state index in [1.807, 2.05) is 38.1 Å². The number of methoxy groups -OCH3 is 1. The first-order valence-electron chi connectivity index (χ1n) is 8.62. The third-order valence-corrected chi connectivity index (χ3v) is 5.20. The summed E-state index contributed by atoms with van der Waals surface area (Å²) in [5, 5.41) is 14.7. The number of nitrogens with zero attached hydrogens (tertiary/aromatic N) is 2. The predicted octanol–water partition coefficient (Wildman–Crippen LogP) is 3.31. The van der Waals surface area contributed by atoms with Gasteiger partial charge in [0.15, 0.2) is 0 Å². The van der Waals surface area contributed by atoms with Gasteiger partial charge in [0, 0.05) is 17.9 Å². The average molecular weight is 411 g/mol. The van der Waals surface area contributed by atoms with Crippen molar-refractivity contribution in [2.75, 3.05) is 18.3 Å². The molecule has 0 spiro atoms. The highest BCUT2D eigenvalue weighted by atomic mass is 35.5. The van der Waals surface area contributed by atoms with Crippen LogP contribution in [0.15, 0.2) is 24.3 Å². The van der Waals surface area contributed by atoms with Crippen LogP contribution in [0.25, 0.3) is 10.6 Å². The molecule has 1 heterocycles. The number of halogens is 1. The zero-order valence-corrected chi connectivity index (χ0v) is 17.1. The quantitative estimate of drug-likeness (QED) is 0.618. The number of benzene rings is 1. The number of alkyl halides is 1. The van der Waals surface area contributed by atoms with Crippen LogP contribution in [-0.2, 0) is 9.59 Å². The molecular formula is C18H23ClN4O3S. The Morgan fingerprint density at radius 1 is 1.26 bits per heavy atom. The second kappa shape index (κ2) is 10.2. The molecule has 2 rings (SSSR count). The second-order valence-corrected chi connectivity index (χ2v) is 7.36. The number of hydrogen-bond donors (Lipinski definition) is 2. The van der Waals surface area contributed by atoms with Crippen molar-refractivity contribution in [3.05, 3.63) is 24.3 Å². The maximum atomic E-state index is 12.6. The van der Waals surface area contributed by atoms with E-state index < -0.39 is 6.04 Å². The van der Waals surface area contributed by atoms with Gasteiger partial charge in [0.25, 0.3) is 0 Å². The van der Waals surface area contributed by atoms with Crippen molar-refractivity contribution in [1.82, 2.24) is 15.5 Å². The average Bonchev–Trinajstić information content (AvgIpc) is 3.14. The fraction of sp³-hybridized carbons (Fsp3) is 0.444. The molecule has 0 unspecified atom stereocenters. The van der Waals surface area contributed by atoms with Crippen LogP contribution in [0.3, 0.4) is 0 Å². The number of amides is 2. The number of rotatable bonds is 9. The van der Waals surface area contributed by atoms with Gasteiger partial charge in [-0.15, -0.1) is 21.8 Å². The van der Waals surface area contributed by atoms with Gasteiger partial charge in [0.1, 0.15) is 16.8 Å². The zero-order chi connectivity index (χ0) is 19.8. The smallest absolute Gasteiger partial charge is 0.249 e. The van der Waals surface area contributed by atoms with E-state index in [0.29, 0.717) is 10.1 Å². The molecule has 0 aliphatic carbocycles. The predicted molar refractivity (Wildman–Crippen MR) is 107 cm³/mol. The van der Waals surface area contributed by atoms with Crippen LogP contribution in [0.4, 0.5) is 5.13 Å². The first-order chi connectivity index (χ1) is 13.0. The lowest BCUT2D eigenvalue weighted by molar-refractivity contribution is -0.127. The third-order valence-electron chi connectivity index (χ3n) is 4.13. The minimum Gasteiger partial charge on any atom is -0.497 e. The van der Waals surface area contributed by atoms with Crippen molar-refractivity contribution >= 4 is 39.9 Å². The molecule has 1 aromatic carbocycles. The first-order valence-corrected chi connectivity index (χ1v) is 9.97. The molecule has 27 heavy (non-hydrogen) atoms. The van der Waals surface area contributed by atoms with E-state index in [2.05, 4.69) is 20.8 Å². The molecule has 2 N–H and O–H groups in total. The van der Waals surface area contributed by atoms with E-state index in [4.69, 9.17) is 16.3 Å². The summed E-state index contributed by atoms with van der Waals surface area (Å²) in [6, 6.07) is 6.76. The molecule has 0 saturated heterocycles. The van der Waals surface area contributed by atoms with Gasteiger partial charge in [-0.25, -0.2) is 0 Å². The lowest BCUT2D eigenvalue weighted by atomic mass is 9.98. The monoisotopic (exact) mass is 410 g/mol. The summed E-state index contributed by atoms with van der Waals surface area (Å²) in [6.45, 7) is 3.87. The number of aromatic nitrogens is 2. The van der Waals surface area contributed by atoms with Gasteiger partial charge < -0.3 is 10.1 Å². The molecule has 2 atom stereocenters. The molecule has 0 fully saturated rings. The molecule has 146 valence electrons. The maximum Gasteiger partial charge on any atom is 0.249 e. The van der Waals surface area contributed by atoms with E-state index in [0.717, 1.165) is 17.7 Å². The van der Waals surface area contributed by atoms with Gasteiger partial charge in [0.2, 0.25) is 16.9 Å². The molecule has 7 nitrogen and oxygen atoms in total. The van der Waals surface area contributed by atoms with Gasteiger partial charge >= 0.3 is 0 Å². The molecular weight excluding hydrogens is 388 g/mol. The van der Waals surface area contributed by atoms with Crippen molar-refractivity contribution in [2.24, 2.45) is 5.92 Å². The van der Waals surface area contributed by atoms with Gasteiger partial charge in [-0.1, -0.05) is 31.6 Å². The molecule has 0 aliphatic heterocycles. The highest BCUT2D eigenvalue weighted by Gasteiger charge is 2.26. The van der Waals surface area contributed by atoms with E-state index >= 15 is 0 Å². The molecule has 0 aliphatic rings. The van der Waals surface area contributed by atoms with Crippen LogP contribution in [0.1, 0.15) is 26.7 Å². The van der Waals surface area contributed by atoms with Gasteiger partial charge in [-0.05, 0) is 30.2 Å². The Bertz CT molecular complexity index is 766. The fourth-order valence-corrected chi connectivity index (χ4v) is 3.26. The van der Waals surface area contributed by atoms with E-state index in [1.54, 1.807) is 7.11 Å². The van der Waals surface area contributed by atoms with Gasteiger partial charge in [-0.3, -0.25) is 14.9 Å². The molecule has 2 aromatic rings. The number of carbonyl (C=O) groups is 2. The minimum atomic E-state index is -0.654. The lowest BCUT2D eigenvalue weighted by Crippen LogP contribution is -2.47. The molecule has 2 amide bonds. The number of carbonyl (C=O) groups excluding carboxylic acids is 2. The Balaban J connectivity index is 2.08. The highest BCUT2D eigenvalue weighted by Crippen LogP contribution is 2.28. The summed E-state index contributed by atoms with van der Waals surface area (Å²) in [5.74, 6) is 0.368. The summed E-state index contributed by atoms with van der Waals surface area (Å²) in [5.41, 5.74) is 0.877. The Hall–Kier alpha value is -2.19. The van der Waals surface area contributed by atoms with Crippen LogP contribution in [-0.4, -0.2) is 41.0 Å². The normalized spacial score (nSPS) is 12.9. The van der Waals surface area contributed by atoms with Gasteiger partial charge in [-0.2, -0.15) is 0 Å². The summed E-state index contributed by atoms with van der Waals surface area (Å²) in [6.07, 6.45) is 0.911.